The van der Waals surface area contributed by atoms with E-state index in [1.807, 2.05) is 54.6 Å². The summed E-state index contributed by atoms with van der Waals surface area (Å²) < 4.78 is 5.23. The summed E-state index contributed by atoms with van der Waals surface area (Å²) in [6.45, 7) is 2.05. The zero-order valence-electron chi connectivity index (χ0n) is 14.8. The van der Waals surface area contributed by atoms with Crippen molar-refractivity contribution in [3.63, 3.8) is 0 Å². The van der Waals surface area contributed by atoms with Gasteiger partial charge in [-0.1, -0.05) is 54.1 Å². The molecule has 0 aliphatic heterocycles. The van der Waals surface area contributed by atoms with Crippen LogP contribution < -0.4 is 10.1 Å². The third-order valence-corrected chi connectivity index (χ3v) is 5.22. The number of anilines is 1. The molecule has 1 N–H and O–H groups in total. The van der Waals surface area contributed by atoms with Gasteiger partial charge in [0.05, 0.1) is 7.11 Å². The van der Waals surface area contributed by atoms with E-state index < -0.39 is 0 Å². The van der Waals surface area contributed by atoms with E-state index in [2.05, 4.69) is 36.5 Å². The van der Waals surface area contributed by atoms with E-state index in [1.54, 1.807) is 18.9 Å². The lowest BCUT2D eigenvalue weighted by Gasteiger charge is -2.17. The number of nitrogens with one attached hydrogen (secondary N) is 1. The van der Waals surface area contributed by atoms with E-state index in [-0.39, 0.29) is 11.2 Å². The molecule has 3 nitrogen and oxygen atoms in total. The lowest BCUT2D eigenvalue weighted by molar-refractivity contribution is -0.115. The second kappa shape index (κ2) is 8.59. The van der Waals surface area contributed by atoms with Crippen LogP contribution in [0.2, 0.25) is 0 Å². The normalized spacial score (nSPS) is 11.6. The van der Waals surface area contributed by atoms with E-state index in [0.29, 0.717) is 5.75 Å². The average molecular weight is 363 g/mol. The van der Waals surface area contributed by atoms with Gasteiger partial charge in [0.25, 0.3) is 0 Å². The van der Waals surface area contributed by atoms with Gasteiger partial charge in [-0.15, -0.1) is 11.8 Å². The summed E-state index contributed by atoms with van der Waals surface area (Å²) in [6, 6.07) is 25.4. The van der Waals surface area contributed by atoms with Crippen LogP contribution in [0.3, 0.4) is 0 Å². The number of carbonyl (C=O) groups is 1. The fraction of sp³-hybridized carbons (Fsp3) is 0.136. The summed E-state index contributed by atoms with van der Waals surface area (Å²) in [7, 11) is 1.61. The molecule has 3 aromatic carbocycles. The van der Waals surface area contributed by atoms with Crippen LogP contribution in [0.25, 0.3) is 0 Å². The lowest BCUT2D eigenvalue weighted by atomic mass is 10.1. The number of aryl methyl sites for hydroxylation is 1. The first-order valence-electron chi connectivity index (χ1n) is 8.39. The molecule has 1 amide bonds. The molecule has 0 radical (unpaired) electrons. The molecule has 0 unspecified atom stereocenters. The van der Waals surface area contributed by atoms with Crippen molar-refractivity contribution in [3.05, 3.63) is 90.0 Å². The molecule has 0 aliphatic carbocycles. The van der Waals surface area contributed by atoms with Gasteiger partial charge in [0, 0.05) is 16.6 Å². The predicted octanol–water partition coefficient (Wildman–Crippen LogP) is 5.48. The molecule has 0 heterocycles. The van der Waals surface area contributed by atoms with Gasteiger partial charge in [0.2, 0.25) is 5.91 Å². The van der Waals surface area contributed by atoms with Gasteiger partial charge in [-0.05, 0) is 36.8 Å². The highest BCUT2D eigenvalue weighted by molar-refractivity contribution is 8.00. The second-order valence-electron chi connectivity index (χ2n) is 5.94. The Morgan fingerprint density at radius 1 is 0.962 bits per heavy atom. The first kappa shape index (κ1) is 18.1. The molecule has 0 bridgehead atoms. The van der Waals surface area contributed by atoms with E-state index >= 15 is 0 Å². The molecule has 0 aliphatic rings. The van der Waals surface area contributed by atoms with Gasteiger partial charge in [-0.2, -0.15) is 0 Å². The molecule has 4 heteroatoms. The number of hydrogen-bond acceptors (Lipinski definition) is 3. The van der Waals surface area contributed by atoms with Gasteiger partial charge < -0.3 is 10.1 Å². The van der Waals surface area contributed by atoms with Crippen LogP contribution in [0.5, 0.6) is 5.75 Å². The number of methoxy groups -OCH3 is 1. The van der Waals surface area contributed by atoms with Crippen LogP contribution >= 0.6 is 11.8 Å². The van der Waals surface area contributed by atoms with Gasteiger partial charge >= 0.3 is 0 Å². The zero-order chi connectivity index (χ0) is 18.4. The fourth-order valence-electron chi connectivity index (χ4n) is 2.56. The Labute approximate surface area is 158 Å². The number of carbonyl (C=O) groups excluding carboxylic acids is 1. The average Bonchev–Trinajstić information content (AvgIpc) is 2.68. The molecule has 0 fully saturated rings. The smallest absolute Gasteiger partial charge is 0.242 e. The fourth-order valence-corrected chi connectivity index (χ4v) is 3.59. The van der Waals surface area contributed by atoms with Gasteiger partial charge in [-0.25, -0.2) is 0 Å². The number of ether oxygens (including phenoxy) is 1. The Hall–Kier alpha value is -2.72. The molecular weight excluding hydrogens is 342 g/mol. The molecule has 132 valence electrons. The summed E-state index contributed by atoms with van der Waals surface area (Å²) in [6.07, 6.45) is 0. The Morgan fingerprint density at radius 3 is 2.38 bits per heavy atom. The first-order valence-corrected chi connectivity index (χ1v) is 9.27. The number of benzene rings is 3. The third kappa shape index (κ3) is 4.67. The summed E-state index contributed by atoms with van der Waals surface area (Å²) >= 11 is 1.54. The SMILES string of the molecule is COc1cccc(NC(=O)[C@H](Sc2ccc(C)cc2)c2ccccc2)c1. The van der Waals surface area contributed by atoms with Crippen LogP contribution in [-0.2, 0) is 4.79 Å². The Bertz CT molecular complexity index is 863. The predicted molar refractivity (Wildman–Crippen MR) is 108 cm³/mol. The van der Waals surface area contributed by atoms with Crippen LogP contribution in [-0.4, -0.2) is 13.0 Å². The van der Waals surface area contributed by atoms with E-state index in [9.17, 15) is 4.79 Å². The molecule has 0 spiro atoms. The number of thioether (sulfide) groups is 1. The minimum atomic E-state index is -0.342. The molecule has 0 saturated carbocycles. The number of rotatable bonds is 6. The summed E-state index contributed by atoms with van der Waals surface area (Å²) in [5.74, 6) is 0.653. The Kier molecular flexibility index (Phi) is 5.97. The monoisotopic (exact) mass is 363 g/mol. The maximum absolute atomic E-state index is 13.0. The van der Waals surface area contributed by atoms with Crippen LogP contribution in [0.15, 0.2) is 83.8 Å². The second-order valence-corrected chi connectivity index (χ2v) is 7.12. The van der Waals surface area contributed by atoms with Crippen molar-refractivity contribution >= 4 is 23.4 Å². The third-order valence-electron chi connectivity index (χ3n) is 3.95. The van der Waals surface area contributed by atoms with Crippen LogP contribution in [0, 0.1) is 6.92 Å². The van der Waals surface area contributed by atoms with Crippen molar-refractivity contribution in [3.8, 4) is 5.75 Å². The Balaban J connectivity index is 1.84. The van der Waals surface area contributed by atoms with Gasteiger partial charge in [-0.3, -0.25) is 4.79 Å². The molecule has 0 aromatic heterocycles. The number of amides is 1. The quantitative estimate of drug-likeness (QED) is 0.590. The highest BCUT2D eigenvalue weighted by Crippen LogP contribution is 2.36. The molecule has 3 aromatic rings. The summed E-state index contributed by atoms with van der Waals surface area (Å²) in [5.41, 5.74) is 2.89. The van der Waals surface area contributed by atoms with Crippen LogP contribution in [0.4, 0.5) is 5.69 Å². The highest BCUT2D eigenvalue weighted by Gasteiger charge is 2.22. The van der Waals surface area contributed by atoms with Crippen molar-refractivity contribution in [1.29, 1.82) is 0 Å². The minimum Gasteiger partial charge on any atom is -0.497 e. The van der Waals surface area contributed by atoms with E-state index in [1.165, 1.54) is 5.56 Å². The molecule has 26 heavy (non-hydrogen) atoms. The summed E-state index contributed by atoms with van der Waals surface area (Å²) in [5, 5.41) is 2.66. The minimum absolute atomic E-state index is 0.0602. The molecule has 0 saturated heterocycles. The van der Waals surface area contributed by atoms with Crippen molar-refractivity contribution in [2.45, 2.75) is 17.1 Å². The highest BCUT2D eigenvalue weighted by atomic mass is 32.2. The lowest BCUT2D eigenvalue weighted by Crippen LogP contribution is -2.19. The van der Waals surface area contributed by atoms with E-state index in [4.69, 9.17) is 4.74 Å². The number of hydrogen-bond donors (Lipinski definition) is 1. The molecule has 3 rings (SSSR count). The summed E-state index contributed by atoms with van der Waals surface area (Å²) in [4.78, 5) is 14.1. The van der Waals surface area contributed by atoms with Crippen molar-refractivity contribution in [1.82, 2.24) is 0 Å². The van der Waals surface area contributed by atoms with Crippen molar-refractivity contribution in [2.24, 2.45) is 0 Å². The maximum atomic E-state index is 13.0. The van der Waals surface area contributed by atoms with Gasteiger partial charge in [0.15, 0.2) is 0 Å². The van der Waals surface area contributed by atoms with Gasteiger partial charge in [0.1, 0.15) is 11.0 Å². The van der Waals surface area contributed by atoms with Crippen molar-refractivity contribution < 1.29 is 9.53 Å². The van der Waals surface area contributed by atoms with E-state index in [0.717, 1.165) is 16.1 Å². The molecule has 1 atom stereocenters. The zero-order valence-corrected chi connectivity index (χ0v) is 15.6. The van der Waals surface area contributed by atoms with Crippen LogP contribution in [0.1, 0.15) is 16.4 Å². The maximum Gasteiger partial charge on any atom is 0.242 e. The topological polar surface area (TPSA) is 38.3 Å². The Morgan fingerprint density at radius 2 is 1.69 bits per heavy atom. The standard InChI is InChI=1S/C22H21NO2S/c1-16-11-13-20(14-12-16)26-21(17-7-4-3-5-8-17)22(24)23-18-9-6-10-19(15-18)25-2/h3-15,21H,1-2H3,(H,23,24)/t21-/m1/s1. The van der Waals surface area contributed by atoms with Crippen molar-refractivity contribution in [2.75, 3.05) is 12.4 Å². The first-order chi connectivity index (χ1) is 12.7. The largest absolute Gasteiger partial charge is 0.497 e. The molecular formula is C22H21NO2S.